The first-order valence-corrected chi connectivity index (χ1v) is 9.29. The number of alkyl halides is 3. The Kier molecular flexibility index (Phi) is 4.59. The van der Waals surface area contributed by atoms with Crippen LogP contribution >= 0.6 is 0 Å². The zero-order valence-electron chi connectivity index (χ0n) is 13.5. The monoisotopic (exact) mass is 370 g/mol. The van der Waals surface area contributed by atoms with E-state index in [4.69, 9.17) is 0 Å². The fourth-order valence-electron chi connectivity index (χ4n) is 3.04. The van der Waals surface area contributed by atoms with Crippen LogP contribution in [0.4, 0.5) is 13.2 Å². The van der Waals surface area contributed by atoms with E-state index in [9.17, 15) is 21.6 Å². The van der Waals surface area contributed by atoms with Gasteiger partial charge >= 0.3 is 6.18 Å². The van der Waals surface area contributed by atoms with Gasteiger partial charge in [0, 0.05) is 17.1 Å². The fourth-order valence-corrected chi connectivity index (χ4v) is 3.75. The first-order valence-electron chi connectivity index (χ1n) is 7.81. The number of nitrogens with zero attached hydrogens (tertiary/aromatic N) is 1. The van der Waals surface area contributed by atoms with E-state index < -0.39 is 22.1 Å². The molecule has 0 spiro atoms. The standard InChI is InChI=1S/C17H17F3N2O2S/c1-21-25(23,24)14-9-12-3-2-4-15(16(12)22-10-14)11-5-7-13(8-6-11)17(18,19)20/h2-5,9-10,13,21H,6-8H2,1H3/t13-/m1/s1. The molecular formula is C17H17F3N2O2S. The van der Waals surface area contributed by atoms with Crippen LogP contribution in [0.25, 0.3) is 16.5 Å². The number of aromatic nitrogens is 1. The van der Waals surface area contributed by atoms with Gasteiger partial charge in [0.05, 0.1) is 11.4 Å². The smallest absolute Gasteiger partial charge is 0.254 e. The Morgan fingerprint density at radius 1 is 1.28 bits per heavy atom. The highest BCUT2D eigenvalue weighted by Crippen LogP contribution is 2.40. The summed E-state index contributed by atoms with van der Waals surface area (Å²) in [5.41, 5.74) is 2.17. The van der Waals surface area contributed by atoms with Crippen LogP contribution in [0.2, 0.25) is 0 Å². The first kappa shape index (κ1) is 17.9. The van der Waals surface area contributed by atoms with E-state index in [1.807, 2.05) is 0 Å². The van der Waals surface area contributed by atoms with Gasteiger partial charge in [0.15, 0.2) is 0 Å². The summed E-state index contributed by atoms with van der Waals surface area (Å²) in [6.45, 7) is 0. The van der Waals surface area contributed by atoms with Crippen molar-refractivity contribution in [2.24, 2.45) is 5.92 Å². The molecule has 0 unspecified atom stereocenters. The van der Waals surface area contributed by atoms with Gasteiger partial charge in [0.25, 0.3) is 0 Å². The summed E-state index contributed by atoms with van der Waals surface area (Å²) < 4.78 is 64.4. The van der Waals surface area contributed by atoms with Crippen LogP contribution in [-0.2, 0) is 10.0 Å². The van der Waals surface area contributed by atoms with E-state index in [0.29, 0.717) is 17.3 Å². The second-order valence-electron chi connectivity index (χ2n) is 6.00. The zero-order chi connectivity index (χ0) is 18.2. The highest BCUT2D eigenvalue weighted by Gasteiger charge is 2.39. The summed E-state index contributed by atoms with van der Waals surface area (Å²) in [6.07, 6.45) is -0.952. The number of nitrogens with one attached hydrogen (secondary N) is 1. The molecule has 8 heteroatoms. The quantitative estimate of drug-likeness (QED) is 0.892. The lowest BCUT2D eigenvalue weighted by Crippen LogP contribution is -2.24. The minimum absolute atomic E-state index is 0.0402. The molecule has 1 aliphatic carbocycles. The van der Waals surface area contributed by atoms with E-state index in [-0.39, 0.29) is 17.7 Å². The number of benzene rings is 1. The maximum Gasteiger partial charge on any atom is 0.392 e. The van der Waals surface area contributed by atoms with Gasteiger partial charge < -0.3 is 0 Å². The molecule has 1 aromatic carbocycles. The molecule has 1 aliphatic rings. The molecule has 0 bridgehead atoms. The van der Waals surface area contributed by atoms with Crippen molar-refractivity contribution >= 4 is 26.5 Å². The molecule has 0 fully saturated rings. The normalized spacial score (nSPS) is 19.0. The summed E-state index contributed by atoms with van der Waals surface area (Å²) in [4.78, 5) is 4.31. The van der Waals surface area contributed by atoms with Crippen LogP contribution in [0.15, 0.2) is 41.4 Å². The molecular weight excluding hydrogens is 353 g/mol. The summed E-state index contributed by atoms with van der Waals surface area (Å²) in [6, 6.07) is 6.81. The van der Waals surface area contributed by atoms with Crippen LogP contribution in [0.1, 0.15) is 24.8 Å². The van der Waals surface area contributed by atoms with Gasteiger partial charge in [-0.3, -0.25) is 4.98 Å². The van der Waals surface area contributed by atoms with E-state index in [1.54, 1.807) is 24.3 Å². The lowest BCUT2D eigenvalue weighted by Gasteiger charge is -2.24. The number of hydrogen-bond acceptors (Lipinski definition) is 3. The lowest BCUT2D eigenvalue weighted by atomic mass is 9.85. The predicted molar refractivity (Wildman–Crippen MR) is 89.4 cm³/mol. The maximum atomic E-state index is 12.8. The predicted octanol–water partition coefficient (Wildman–Crippen LogP) is 3.89. The highest BCUT2D eigenvalue weighted by atomic mass is 32.2. The van der Waals surface area contributed by atoms with Crippen molar-refractivity contribution in [3.8, 4) is 0 Å². The van der Waals surface area contributed by atoms with Crippen molar-refractivity contribution in [3.63, 3.8) is 0 Å². The number of pyridine rings is 1. The maximum absolute atomic E-state index is 12.8. The second kappa shape index (κ2) is 6.42. The van der Waals surface area contributed by atoms with Crippen molar-refractivity contribution in [1.29, 1.82) is 0 Å². The van der Waals surface area contributed by atoms with E-state index >= 15 is 0 Å². The molecule has 25 heavy (non-hydrogen) atoms. The Morgan fingerprint density at radius 2 is 2.04 bits per heavy atom. The minimum atomic E-state index is -4.17. The molecule has 0 saturated heterocycles. The van der Waals surface area contributed by atoms with Gasteiger partial charge in [-0.15, -0.1) is 0 Å². The highest BCUT2D eigenvalue weighted by molar-refractivity contribution is 7.89. The van der Waals surface area contributed by atoms with Crippen molar-refractivity contribution < 1.29 is 21.6 Å². The van der Waals surface area contributed by atoms with E-state index in [1.165, 1.54) is 19.3 Å². The molecule has 0 aliphatic heterocycles. The molecule has 0 amide bonds. The van der Waals surface area contributed by atoms with Crippen LogP contribution in [0.5, 0.6) is 0 Å². The Bertz CT molecular complexity index is 937. The fraction of sp³-hybridized carbons (Fsp3) is 0.353. The largest absolute Gasteiger partial charge is 0.392 e. The van der Waals surface area contributed by atoms with Gasteiger partial charge in [0.1, 0.15) is 4.90 Å². The summed E-state index contributed by atoms with van der Waals surface area (Å²) in [5, 5.41) is 0.632. The van der Waals surface area contributed by atoms with Crippen molar-refractivity contribution in [2.45, 2.75) is 30.3 Å². The van der Waals surface area contributed by atoms with Crippen LogP contribution in [-0.4, -0.2) is 26.6 Å². The van der Waals surface area contributed by atoms with Gasteiger partial charge in [-0.2, -0.15) is 13.2 Å². The molecule has 1 heterocycles. The molecule has 3 rings (SSSR count). The Hall–Kier alpha value is -1.93. The van der Waals surface area contributed by atoms with Crippen molar-refractivity contribution in [1.82, 2.24) is 9.71 Å². The van der Waals surface area contributed by atoms with Gasteiger partial charge in [0.2, 0.25) is 10.0 Å². The third-order valence-corrected chi connectivity index (χ3v) is 5.87. The number of allylic oxidation sites excluding steroid dienone is 2. The van der Waals surface area contributed by atoms with Gasteiger partial charge in [-0.1, -0.05) is 24.3 Å². The first-order chi connectivity index (χ1) is 11.7. The number of hydrogen-bond donors (Lipinski definition) is 1. The molecule has 4 nitrogen and oxygen atoms in total. The zero-order valence-corrected chi connectivity index (χ0v) is 14.3. The van der Waals surface area contributed by atoms with Gasteiger partial charge in [-0.25, -0.2) is 13.1 Å². The Balaban J connectivity index is 2.00. The number of rotatable bonds is 3. The number of sulfonamides is 1. The third kappa shape index (κ3) is 3.55. The average Bonchev–Trinajstić information content (AvgIpc) is 2.60. The molecule has 0 saturated carbocycles. The Morgan fingerprint density at radius 3 is 2.64 bits per heavy atom. The molecule has 0 radical (unpaired) electrons. The van der Waals surface area contributed by atoms with Crippen LogP contribution in [0, 0.1) is 5.92 Å². The second-order valence-corrected chi connectivity index (χ2v) is 7.88. The third-order valence-electron chi connectivity index (χ3n) is 4.48. The number of fused-ring (bicyclic) bond motifs is 1. The van der Waals surface area contributed by atoms with Crippen LogP contribution < -0.4 is 4.72 Å². The molecule has 2 aromatic rings. The topological polar surface area (TPSA) is 59.1 Å². The molecule has 134 valence electrons. The van der Waals surface area contributed by atoms with Crippen LogP contribution in [0.3, 0.4) is 0 Å². The van der Waals surface area contributed by atoms with Crippen molar-refractivity contribution in [2.75, 3.05) is 7.05 Å². The minimum Gasteiger partial charge on any atom is -0.254 e. The Labute approximate surface area is 143 Å². The molecule has 1 atom stereocenters. The lowest BCUT2D eigenvalue weighted by molar-refractivity contribution is -0.175. The number of halogens is 3. The summed E-state index contributed by atoms with van der Waals surface area (Å²) in [7, 11) is -2.28. The number of para-hydroxylation sites is 1. The van der Waals surface area contributed by atoms with E-state index in [2.05, 4.69) is 9.71 Å². The van der Waals surface area contributed by atoms with Crippen molar-refractivity contribution in [3.05, 3.63) is 42.1 Å². The summed E-state index contributed by atoms with van der Waals surface area (Å²) in [5.74, 6) is -1.30. The SMILES string of the molecule is CNS(=O)(=O)c1cnc2c(C3=CC[C@@H](C(F)(F)F)CC3)cccc2c1. The molecule has 1 N–H and O–H groups in total. The summed E-state index contributed by atoms with van der Waals surface area (Å²) >= 11 is 0. The molecule has 1 aromatic heterocycles. The van der Waals surface area contributed by atoms with E-state index in [0.717, 1.165) is 11.1 Å². The van der Waals surface area contributed by atoms with Gasteiger partial charge in [-0.05, 0) is 37.9 Å². The average molecular weight is 370 g/mol.